The molecule has 0 aliphatic rings. The molecule has 0 radical (unpaired) electrons. The molecule has 0 saturated heterocycles. The number of hydrogen-bond acceptors (Lipinski definition) is 4. The lowest BCUT2D eigenvalue weighted by molar-refractivity contribution is -0.136. The van der Waals surface area contributed by atoms with E-state index in [0.29, 0.717) is 0 Å². The van der Waals surface area contributed by atoms with Gasteiger partial charge in [-0.05, 0) is 24.3 Å². The highest BCUT2D eigenvalue weighted by atomic mass is 32.2. The summed E-state index contributed by atoms with van der Waals surface area (Å²) < 4.78 is 68.9. The summed E-state index contributed by atoms with van der Waals surface area (Å²) in [4.78, 5) is 0. The monoisotopic (exact) mass is 321 g/mol. The second-order valence-corrected chi connectivity index (χ2v) is 5.64. The molecule has 0 saturated carbocycles. The first kappa shape index (κ1) is 15.4. The number of benzene rings is 1. The number of nitrogens with one attached hydrogen (secondary N) is 1. The maximum atomic E-state index is 12.8. The molecule has 0 spiro atoms. The maximum Gasteiger partial charge on any atom is 0.418 e. The summed E-state index contributed by atoms with van der Waals surface area (Å²) >= 11 is 0. The molecule has 1 aromatic heterocycles. The van der Waals surface area contributed by atoms with Crippen LogP contribution in [0, 0.1) is 0 Å². The number of rotatable bonds is 4. The van der Waals surface area contributed by atoms with Gasteiger partial charge in [0.1, 0.15) is 12.4 Å². The van der Waals surface area contributed by atoms with E-state index >= 15 is 0 Å². The summed E-state index contributed by atoms with van der Waals surface area (Å²) in [7, 11) is -4.31. The molecule has 9 heteroatoms. The highest BCUT2D eigenvalue weighted by Gasteiger charge is 2.34. The lowest BCUT2D eigenvalue weighted by Gasteiger charge is -2.13. The van der Waals surface area contributed by atoms with Gasteiger partial charge in [0, 0.05) is 0 Å². The Hall–Kier alpha value is -2.00. The second-order valence-electron chi connectivity index (χ2n) is 4.03. The summed E-state index contributed by atoms with van der Waals surface area (Å²) in [6, 6.07) is 6.44. The number of aliphatic hydroxyl groups is 1. The van der Waals surface area contributed by atoms with Gasteiger partial charge in [0.15, 0.2) is 0 Å². The Morgan fingerprint density at radius 2 is 1.81 bits per heavy atom. The van der Waals surface area contributed by atoms with E-state index in [4.69, 9.17) is 9.52 Å². The fraction of sp³-hybridized carbons (Fsp3) is 0.167. The van der Waals surface area contributed by atoms with Crippen molar-refractivity contribution in [2.24, 2.45) is 0 Å². The van der Waals surface area contributed by atoms with Gasteiger partial charge >= 0.3 is 6.18 Å². The van der Waals surface area contributed by atoms with Gasteiger partial charge in [-0.3, -0.25) is 4.72 Å². The van der Waals surface area contributed by atoms with Crippen LogP contribution in [0.3, 0.4) is 0 Å². The van der Waals surface area contributed by atoms with Crippen LogP contribution in [0.4, 0.5) is 18.9 Å². The summed E-state index contributed by atoms with van der Waals surface area (Å²) in [6.45, 7) is -0.519. The average Bonchev–Trinajstić information content (AvgIpc) is 2.87. The van der Waals surface area contributed by atoms with Crippen molar-refractivity contribution in [1.29, 1.82) is 0 Å². The smallest absolute Gasteiger partial charge is 0.418 e. The van der Waals surface area contributed by atoms with Crippen molar-refractivity contribution in [1.82, 2.24) is 0 Å². The fourth-order valence-corrected chi connectivity index (χ4v) is 2.63. The largest absolute Gasteiger partial charge is 0.445 e. The Labute approximate surface area is 118 Å². The number of furan rings is 1. The van der Waals surface area contributed by atoms with Crippen molar-refractivity contribution in [2.75, 3.05) is 4.72 Å². The minimum Gasteiger partial charge on any atom is -0.445 e. The van der Waals surface area contributed by atoms with E-state index < -0.39 is 39.1 Å². The van der Waals surface area contributed by atoms with E-state index in [1.807, 2.05) is 4.72 Å². The molecule has 2 aromatic rings. The summed E-state index contributed by atoms with van der Waals surface area (Å²) in [5, 5.41) is 8.22. The fourth-order valence-electron chi connectivity index (χ4n) is 1.60. The Morgan fingerprint density at radius 3 is 2.38 bits per heavy atom. The third-order valence-corrected chi connectivity index (χ3v) is 3.77. The Morgan fingerprint density at radius 1 is 1.14 bits per heavy atom. The maximum absolute atomic E-state index is 12.8. The van der Waals surface area contributed by atoms with Gasteiger partial charge < -0.3 is 9.52 Å². The van der Waals surface area contributed by atoms with E-state index in [0.717, 1.165) is 24.3 Å². The van der Waals surface area contributed by atoms with Gasteiger partial charge in [-0.2, -0.15) is 21.6 Å². The average molecular weight is 321 g/mol. The first-order chi connectivity index (χ1) is 9.74. The van der Waals surface area contributed by atoms with Crippen molar-refractivity contribution < 1.29 is 31.1 Å². The van der Waals surface area contributed by atoms with Gasteiger partial charge in [-0.15, -0.1) is 0 Å². The van der Waals surface area contributed by atoms with Gasteiger partial charge in [0.25, 0.3) is 10.0 Å². The van der Waals surface area contributed by atoms with E-state index in [2.05, 4.69) is 0 Å². The number of para-hydroxylation sites is 1. The molecule has 1 aromatic carbocycles. The minimum absolute atomic E-state index is 0.0144. The van der Waals surface area contributed by atoms with Crippen LogP contribution in [0.25, 0.3) is 0 Å². The molecule has 2 rings (SSSR count). The molecular weight excluding hydrogens is 311 g/mol. The summed E-state index contributed by atoms with van der Waals surface area (Å²) in [5.41, 5.74) is -1.71. The van der Waals surface area contributed by atoms with Gasteiger partial charge in [0.05, 0.1) is 11.3 Å². The Bertz CT molecular complexity index is 737. The molecule has 0 amide bonds. The predicted molar refractivity (Wildman–Crippen MR) is 66.9 cm³/mol. The zero-order chi connectivity index (χ0) is 15.7. The molecular formula is C12H10F3NO4S. The lowest BCUT2D eigenvalue weighted by Crippen LogP contribution is -2.16. The number of sulfonamides is 1. The first-order valence-corrected chi connectivity index (χ1v) is 7.11. The van der Waals surface area contributed by atoms with Crippen LogP contribution < -0.4 is 4.72 Å². The molecule has 0 aliphatic carbocycles. The lowest BCUT2D eigenvalue weighted by atomic mass is 10.2. The number of alkyl halides is 3. The third kappa shape index (κ3) is 3.37. The van der Waals surface area contributed by atoms with Crippen LogP contribution >= 0.6 is 0 Å². The molecule has 0 aliphatic heterocycles. The molecule has 21 heavy (non-hydrogen) atoms. The van der Waals surface area contributed by atoms with Gasteiger partial charge in [-0.25, -0.2) is 0 Å². The SMILES string of the molecule is O=S(=O)(Nc1ccccc1C(F)(F)F)c1ccc(CO)o1. The van der Waals surface area contributed by atoms with Crippen LogP contribution in [-0.4, -0.2) is 13.5 Å². The van der Waals surface area contributed by atoms with Crippen molar-refractivity contribution in [3.8, 4) is 0 Å². The van der Waals surface area contributed by atoms with E-state index in [9.17, 15) is 21.6 Å². The second kappa shape index (κ2) is 5.41. The van der Waals surface area contributed by atoms with Crippen LogP contribution in [0.5, 0.6) is 0 Å². The van der Waals surface area contributed by atoms with Gasteiger partial charge in [0.2, 0.25) is 5.09 Å². The van der Waals surface area contributed by atoms with E-state index in [-0.39, 0.29) is 5.76 Å². The minimum atomic E-state index is -4.70. The Kier molecular flexibility index (Phi) is 3.97. The first-order valence-electron chi connectivity index (χ1n) is 5.62. The zero-order valence-electron chi connectivity index (χ0n) is 10.4. The number of anilines is 1. The molecule has 1 heterocycles. The summed E-state index contributed by atoms with van der Waals surface area (Å²) in [5.74, 6) is -0.0144. The molecule has 0 fully saturated rings. The van der Waals surface area contributed by atoms with Crippen LogP contribution in [0.15, 0.2) is 45.9 Å². The van der Waals surface area contributed by atoms with E-state index in [1.54, 1.807) is 0 Å². The van der Waals surface area contributed by atoms with Crippen LogP contribution in [0.1, 0.15) is 11.3 Å². The Balaban J connectivity index is 2.38. The molecule has 0 bridgehead atoms. The van der Waals surface area contributed by atoms with E-state index in [1.165, 1.54) is 12.1 Å². The van der Waals surface area contributed by atoms with Crippen LogP contribution in [-0.2, 0) is 22.8 Å². The van der Waals surface area contributed by atoms with Crippen molar-refractivity contribution in [3.63, 3.8) is 0 Å². The molecule has 114 valence electrons. The predicted octanol–water partition coefficient (Wildman–Crippen LogP) is 2.59. The number of halogens is 3. The number of hydrogen-bond donors (Lipinski definition) is 2. The van der Waals surface area contributed by atoms with Crippen molar-refractivity contribution in [2.45, 2.75) is 17.9 Å². The quantitative estimate of drug-likeness (QED) is 0.907. The van der Waals surface area contributed by atoms with Crippen molar-refractivity contribution >= 4 is 15.7 Å². The zero-order valence-corrected chi connectivity index (χ0v) is 11.2. The van der Waals surface area contributed by atoms with Crippen molar-refractivity contribution in [3.05, 3.63) is 47.7 Å². The standard InChI is InChI=1S/C12H10F3NO4S/c13-12(14,15)9-3-1-2-4-10(9)16-21(18,19)11-6-5-8(7-17)20-11/h1-6,16-17H,7H2. The highest BCUT2D eigenvalue weighted by Crippen LogP contribution is 2.35. The number of aliphatic hydroxyl groups excluding tert-OH is 1. The van der Waals surface area contributed by atoms with Crippen LogP contribution in [0.2, 0.25) is 0 Å². The third-order valence-electron chi connectivity index (χ3n) is 2.53. The molecule has 0 unspecified atom stereocenters. The molecule has 0 atom stereocenters. The van der Waals surface area contributed by atoms with Gasteiger partial charge in [-0.1, -0.05) is 12.1 Å². The molecule has 2 N–H and O–H groups in total. The normalized spacial score (nSPS) is 12.4. The topological polar surface area (TPSA) is 79.5 Å². The summed E-state index contributed by atoms with van der Waals surface area (Å²) in [6.07, 6.45) is -4.70. The highest BCUT2D eigenvalue weighted by molar-refractivity contribution is 7.92. The molecule has 5 nitrogen and oxygen atoms in total.